The molecule has 0 saturated carbocycles. The third-order valence-electron chi connectivity index (χ3n) is 2.50. The predicted octanol–water partition coefficient (Wildman–Crippen LogP) is 2.31. The van der Waals surface area contributed by atoms with Crippen molar-refractivity contribution in [3.05, 3.63) is 22.4 Å². The fraction of sp³-hybridized carbons (Fsp3) is 0.636. The van der Waals surface area contributed by atoms with Crippen molar-refractivity contribution in [1.82, 2.24) is 4.90 Å². The third-order valence-corrected chi connectivity index (χ3v) is 3.36. The van der Waals surface area contributed by atoms with Crippen molar-refractivity contribution < 1.29 is 0 Å². The van der Waals surface area contributed by atoms with E-state index in [4.69, 9.17) is 5.73 Å². The normalized spacial score (nSPS) is 13.4. The quantitative estimate of drug-likeness (QED) is 0.784. The standard InChI is InChI=1S/C11H20N2S/c1-3-5-10(8-12)13(2)9-11-6-4-7-14-11/h4,6-7,10H,3,5,8-9,12H2,1-2H3. The van der Waals surface area contributed by atoms with Crippen molar-refractivity contribution in [1.29, 1.82) is 0 Å². The van der Waals surface area contributed by atoms with Crippen molar-refractivity contribution in [3.8, 4) is 0 Å². The maximum absolute atomic E-state index is 5.75. The van der Waals surface area contributed by atoms with Crippen molar-refractivity contribution in [3.63, 3.8) is 0 Å². The lowest BCUT2D eigenvalue weighted by molar-refractivity contribution is 0.228. The summed E-state index contributed by atoms with van der Waals surface area (Å²) >= 11 is 1.81. The molecule has 14 heavy (non-hydrogen) atoms. The first-order chi connectivity index (χ1) is 6.77. The molecule has 0 saturated heterocycles. The first-order valence-electron chi connectivity index (χ1n) is 5.20. The number of nitrogens with two attached hydrogens (primary N) is 1. The summed E-state index contributed by atoms with van der Waals surface area (Å²) in [6.07, 6.45) is 2.40. The predicted molar refractivity (Wildman–Crippen MR) is 63.5 cm³/mol. The lowest BCUT2D eigenvalue weighted by Gasteiger charge is -2.26. The Hall–Kier alpha value is -0.380. The van der Waals surface area contributed by atoms with Crippen molar-refractivity contribution in [2.45, 2.75) is 32.4 Å². The van der Waals surface area contributed by atoms with Gasteiger partial charge in [-0.05, 0) is 24.9 Å². The molecule has 0 radical (unpaired) electrons. The Morgan fingerprint density at radius 3 is 2.86 bits per heavy atom. The van der Waals surface area contributed by atoms with E-state index in [1.54, 1.807) is 0 Å². The van der Waals surface area contributed by atoms with E-state index in [1.807, 2.05) is 11.3 Å². The topological polar surface area (TPSA) is 29.3 Å². The molecule has 1 heterocycles. The van der Waals surface area contributed by atoms with Gasteiger partial charge >= 0.3 is 0 Å². The SMILES string of the molecule is CCCC(CN)N(C)Cc1cccs1. The highest BCUT2D eigenvalue weighted by atomic mass is 32.1. The molecule has 0 fully saturated rings. The van der Waals surface area contributed by atoms with E-state index >= 15 is 0 Å². The summed E-state index contributed by atoms with van der Waals surface area (Å²) < 4.78 is 0. The minimum Gasteiger partial charge on any atom is -0.329 e. The number of hydrogen-bond donors (Lipinski definition) is 1. The number of nitrogens with zero attached hydrogens (tertiary/aromatic N) is 1. The molecule has 0 aliphatic heterocycles. The molecule has 3 heteroatoms. The first-order valence-corrected chi connectivity index (χ1v) is 6.08. The smallest absolute Gasteiger partial charge is 0.0328 e. The van der Waals surface area contributed by atoms with E-state index in [0.29, 0.717) is 6.04 Å². The summed E-state index contributed by atoms with van der Waals surface area (Å²) in [6.45, 7) is 4.00. The molecule has 0 aliphatic carbocycles. The Labute approximate surface area is 90.7 Å². The Morgan fingerprint density at radius 2 is 2.36 bits per heavy atom. The molecule has 0 spiro atoms. The third kappa shape index (κ3) is 3.40. The fourth-order valence-electron chi connectivity index (χ4n) is 1.63. The summed E-state index contributed by atoms with van der Waals surface area (Å²) in [6, 6.07) is 4.81. The second-order valence-electron chi connectivity index (χ2n) is 3.67. The Morgan fingerprint density at radius 1 is 1.57 bits per heavy atom. The van der Waals surface area contributed by atoms with Crippen LogP contribution in [-0.4, -0.2) is 24.5 Å². The molecular weight excluding hydrogens is 192 g/mol. The molecule has 1 atom stereocenters. The zero-order valence-electron chi connectivity index (χ0n) is 9.07. The van der Waals surface area contributed by atoms with E-state index in [1.165, 1.54) is 17.7 Å². The van der Waals surface area contributed by atoms with Gasteiger partial charge in [-0.25, -0.2) is 0 Å². The second-order valence-corrected chi connectivity index (χ2v) is 4.70. The van der Waals surface area contributed by atoms with Crippen LogP contribution in [0.5, 0.6) is 0 Å². The number of thiophene rings is 1. The maximum Gasteiger partial charge on any atom is 0.0328 e. The van der Waals surface area contributed by atoms with Crippen molar-refractivity contribution >= 4 is 11.3 Å². The van der Waals surface area contributed by atoms with Gasteiger partial charge in [0.25, 0.3) is 0 Å². The zero-order valence-corrected chi connectivity index (χ0v) is 9.89. The van der Waals surface area contributed by atoms with Gasteiger partial charge in [-0.15, -0.1) is 11.3 Å². The molecule has 2 nitrogen and oxygen atoms in total. The van der Waals surface area contributed by atoms with E-state index in [-0.39, 0.29) is 0 Å². The summed E-state index contributed by atoms with van der Waals surface area (Å²) in [5.41, 5.74) is 5.75. The summed E-state index contributed by atoms with van der Waals surface area (Å²) in [7, 11) is 2.16. The molecule has 1 aromatic heterocycles. The monoisotopic (exact) mass is 212 g/mol. The minimum absolute atomic E-state index is 0.530. The van der Waals surface area contributed by atoms with Crippen LogP contribution in [0.25, 0.3) is 0 Å². The van der Waals surface area contributed by atoms with E-state index < -0.39 is 0 Å². The minimum atomic E-state index is 0.530. The zero-order chi connectivity index (χ0) is 10.4. The number of hydrogen-bond acceptors (Lipinski definition) is 3. The molecule has 0 amide bonds. The molecule has 1 unspecified atom stereocenters. The van der Waals surface area contributed by atoms with Gasteiger partial charge in [-0.2, -0.15) is 0 Å². The van der Waals surface area contributed by atoms with Gasteiger partial charge in [0.1, 0.15) is 0 Å². The van der Waals surface area contributed by atoms with Gasteiger partial charge in [0, 0.05) is 24.0 Å². The molecule has 80 valence electrons. The molecule has 1 rings (SSSR count). The highest BCUT2D eigenvalue weighted by Gasteiger charge is 2.12. The van der Waals surface area contributed by atoms with Gasteiger partial charge in [-0.1, -0.05) is 19.4 Å². The van der Waals surface area contributed by atoms with Gasteiger partial charge in [-0.3, -0.25) is 4.90 Å². The van der Waals surface area contributed by atoms with Gasteiger partial charge in [0.15, 0.2) is 0 Å². The Kier molecular flexibility index (Phi) is 5.15. The van der Waals surface area contributed by atoms with Crippen LogP contribution in [0.1, 0.15) is 24.6 Å². The lowest BCUT2D eigenvalue weighted by atomic mass is 10.1. The average molecular weight is 212 g/mol. The van der Waals surface area contributed by atoms with Crippen LogP contribution in [0.4, 0.5) is 0 Å². The number of likely N-dealkylation sites (N-methyl/N-ethyl adjacent to an activating group) is 1. The summed E-state index contributed by atoms with van der Waals surface area (Å²) in [5, 5.41) is 2.13. The summed E-state index contributed by atoms with van der Waals surface area (Å²) in [4.78, 5) is 3.78. The van der Waals surface area contributed by atoms with E-state index in [9.17, 15) is 0 Å². The van der Waals surface area contributed by atoms with Crippen LogP contribution >= 0.6 is 11.3 Å². The highest BCUT2D eigenvalue weighted by molar-refractivity contribution is 7.09. The molecule has 1 aromatic rings. The highest BCUT2D eigenvalue weighted by Crippen LogP contribution is 2.13. The van der Waals surface area contributed by atoms with Crippen LogP contribution in [-0.2, 0) is 6.54 Å². The molecule has 0 aromatic carbocycles. The Bertz CT molecular complexity index is 233. The van der Waals surface area contributed by atoms with E-state index in [2.05, 4.69) is 36.4 Å². The second kappa shape index (κ2) is 6.17. The largest absolute Gasteiger partial charge is 0.329 e. The Balaban J connectivity index is 2.43. The van der Waals surface area contributed by atoms with Gasteiger partial charge in [0.2, 0.25) is 0 Å². The van der Waals surface area contributed by atoms with Crippen LogP contribution in [0, 0.1) is 0 Å². The maximum atomic E-state index is 5.75. The fourth-order valence-corrected chi connectivity index (χ4v) is 2.40. The van der Waals surface area contributed by atoms with Gasteiger partial charge < -0.3 is 5.73 Å². The molecule has 0 aliphatic rings. The van der Waals surface area contributed by atoms with Crippen LogP contribution < -0.4 is 5.73 Å². The lowest BCUT2D eigenvalue weighted by Crippen LogP contribution is -2.37. The molecular formula is C11H20N2S. The van der Waals surface area contributed by atoms with Gasteiger partial charge in [0.05, 0.1) is 0 Å². The number of rotatable bonds is 6. The van der Waals surface area contributed by atoms with Crippen molar-refractivity contribution in [2.75, 3.05) is 13.6 Å². The van der Waals surface area contributed by atoms with Crippen molar-refractivity contribution in [2.24, 2.45) is 5.73 Å². The molecule has 0 bridgehead atoms. The van der Waals surface area contributed by atoms with Crippen LogP contribution in [0.15, 0.2) is 17.5 Å². The average Bonchev–Trinajstić information content (AvgIpc) is 2.66. The first kappa shape index (κ1) is 11.7. The van der Waals surface area contributed by atoms with E-state index in [0.717, 1.165) is 13.1 Å². The van der Waals surface area contributed by atoms with Crippen LogP contribution in [0.2, 0.25) is 0 Å². The summed E-state index contributed by atoms with van der Waals surface area (Å²) in [5.74, 6) is 0. The van der Waals surface area contributed by atoms with Crippen LogP contribution in [0.3, 0.4) is 0 Å². The molecule has 2 N–H and O–H groups in total.